The fraction of sp³-hybridized carbons (Fsp3) is 0.429. The van der Waals surface area contributed by atoms with Crippen molar-refractivity contribution in [1.29, 1.82) is 0 Å². The number of aryl methyl sites for hydroxylation is 2. The van der Waals surface area contributed by atoms with Crippen LogP contribution in [0.3, 0.4) is 0 Å². The molecule has 1 N–H and O–H groups in total. The number of nitrogens with zero attached hydrogens (tertiary/aromatic N) is 2. The minimum Gasteiger partial charge on any atom is -0.468 e. The summed E-state index contributed by atoms with van der Waals surface area (Å²) < 4.78 is 12.0. The number of aromatic nitrogens is 2. The fourth-order valence-corrected chi connectivity index (χ4v) is 2.01. The minimum atomic E-state index is -0.262. The van der Waals surface area contributed by atoms with Gasteiger partial charge in [0, 0.05) is 17.8 Å². The molecule has 0 spiro atoms. The quantitative estimate of drug-likeness (QED) is 0.906. The molecule has 0 radical (unpaired) electrons. The molecule has 0 unspecified atom stereocenters. The Bertz CT molecular complexity index is 601. The molecular formula is C14H19N3O3. The van der Waals surface area contributed by atoms with E-state index in [-0.39, 0.29) is 17.7 Å². The SMILES string of the molecule is COc1ccc(C(=O)N[C@@H](C)Cn2nc(C)cc2C)o1. The van der Waals surface area contributed by atoms with Crippen molar-refractivity contribution in [2.24, 2.45) is 0 Å². The number of hydrogen-bond acceptors (Lipinski definition) is 4. The summed E-state index contributed by atoms with van der Waals surface area (Å²) in [5.41, 5.74) is 2.04. The third-order valence-electron chi connectivity index (χ3n) is 2.93. The van der Waals surface area contributed by atoms with Gasteiger partial charge in [-0.2, -0.15) is 5.10 Å². The van der Waals surface area contributed by atoms with Crippen LogP contribution >= 0.6 is 0 Å². The van der Waals surface area contributed by atoms with Gasteiger partial charge in [0.25, 0.3) is 11.9 Å². The topological polar surface area (TPSA) is 69.3 Å². The van der Waals surface area contributed by atoms with Crippen molar-refractivity contribution in [1.82, 2.24) is 15.1 Å². The van der Waals surface area contributed by atoms with Gasteiger partial charge in [-0.15, -0.1) is 0 Å². The molecule has 2 heterocycles. The summed E-state index contributed by atoms with van der Waals surface area (Å²) in [6, 6.07) is 5.15. The molecule has 6 heteroatoms. The van der Waals surface area contributed by atoms with Crippen molar-refractivity contribution in [3.8, 4) is 5.95 Å². The predicted octanol–water partition coefficient (Wildman–Crippen LogP) is 1.92. The van der Waals surface area contributed by atoms with Gasteiger partial charge in [-0.05, 0) is 32.9 Å². The highest BCUT2D eigenvalue weighted by molar-refractivity contribution is 5.91. The maximum absolute atomic E-state index is 12.0. The smallest absolute Gasteiger partial charge is 0.287 e. The van der Waals surface area contributed by atoms with Crippen LogP contribution in [-0.2, 0) is 6.54 Å². The zero-order valence-electron chi connectivity index (χ0n) is 12.1. The lowest BCUT2D eigenvalue weighted by atomic mass is 10.3. The maximum Gasteiger partial charge on any atom is 0.287 e. The second-order valence-corrected chi connectivity index (χ2v) is 4.81. The van der Waals surface area contributed by atoms with E-state index in [0.717, 1.165) is 11.4 Å². The van der Waals surface area contributed by atoms with E-state index >= 15 is 0 Å². The summed E-state index contributed by atoms with van der Waals surface area (Å²) in [5.74, 6) is 0.297. The summed E-state index contributed by atoms with van der Waals surface area (Å²) in [6.07, 6.45) is 0. The van der Waals surface area contributed by atoms with Crippen LogP contribution in [0.2, 0.25) is 0 Å². The van der Waals surface area contributed by atoms with Crippen LogP contribution in [-0.4, -0.2) is 28.8 Å². The van der Waals surface area contributed by atoms with Gasteiger partial charge < -0.3 is 14.5 Å². The number of nitrogens with one attached hydrogen (secondary N) is 1. The van der Waals surface area contributed by atoms with E-state index in [0.29, 0.717) is 12.5 Å². The van der Waals surface area contributed by atoms with E-state index in [4.69, 9.17) is 9.15 Å². The van der Waals surface area contributed by atoms with E-state index in [1.165, 1.54) is 7.11 Å². The molecule has 1 amide bonds. The predicted molar refractivity (Wildman–Crippen MR) is 73.9 cm³/mol. The molecule has 1 atom stereocenters. The molecule has 2 aromatic rings. The number of carbonyl (C=O) groups is 1. The number of methoxy groups -OCH3 is 1. The van der Waals surface area contributed by atoms with Crippen molar-refractivity contribution in [2.45, 2.75) is 33.4 Å². The number of ether oxygens (including phenoxy) is 1. The summed E-state index contributed by atoms with van der Waals surface area (Å²) in [7, 11) is 1.49. The van der Waals surface area contributed by atoms with Gasteiger partial charge >= 0.3 is 0 Å². The zero-order valence-corrected chi connectivity index (χ0v) is 12.1. The molecule has 0 aliphatic carbocycles. The standard InChI is InChI=1S/C14H19N3O3/c1-9-7-11(3)17(16-9)8-10(2)15-14(18)12-5-6-13(19-4)20-12/h5-7,10H,8H2,1-4H3,(H,15,18)/t10-/m0/s1. The van der Waals surface area contributed by atoms with Crippen LogP contribution in [0.1, 0.15) is 28.9 Å². The zero-order chi connectivity index (χ0) is 14.7. The Morgan fingerprint density at radius 3 is 2.80 bits per heavy atom. The first-order valence-electron chi connectivity index (χ1n) is 6.45. The number of furan rings is 1. The summed E-state index contributed by atoms with van der Waals surface area (Å²) >= 11 is 0. The summed E-state index contributed by atoms with van der Waals surface area (Å²) in [4.78, 5) is 12.0. The monoisotopic (exact) mass is 277 g/mol. The lowest BCUT2D eigenvalue weighted by molar-refractivity contribution is 0.0901. The molecule has 108 valence electrons. The molecule has 0 aliphatic heterocycles. The second kappa shape index (κ2) is 5.81. The third-order valence-corrected chi connectivity index (χ3v) is 2.93. The van der Waals surface area contributed by atoms with E-state index in [1.54, 1.807) is 12.1 Å². The Morgan fingerprint density at radius 1 is 1.50 bits per heavy atom. The highest BCUT2D eigenvalue weighted by atomic mass is 16.6. The second-order valence-electron chi connectivity index (χ2n) is 4.81. The summed E-state index contributed by atoms with van der Waals surface area (Å²) in [5, 5.41) is 7.24. The van der Waals surface area contributed by atoms with Gasteiger partial charge in [-0.1, -0.05) is 0 Å². The first kappa shape index (κ1) is 14.2. The lowest BCUT2D eigenvalue weighted by Gasteiger charge is -2.14. The largest absolute Gasteiger partial charge is 0.468 e. The Morgan fingerprint density at radius 2 is 2.25 bits per heavy atom. The van der Waals surface area contributed by atoms with Gasteiger partial charge in [0.1, 0.15) is 0 Å². The van der Waals surface area contributed by atoms with Crippen molar-refractivity contribution in [3.63, 3.8) is 0 Å². The van der Waals surface area contributed by atoms with Crippen LogP contribution in [0, 0.1) is 13.8 Å². The molecule has 0 saturated carbocycles. The van der Waals surface area contributed by atoms with E-state index in [1.807, 2.05) is 31.5 Å². The van der Waals surface area contributed by atoms with Crippen molar-refractivity contribution in [3.05, 3.63) is 35.3 Å². The van der Waals surface area contributed by atoms with Crippen LogP contribution in [0.25, 0.3) is 0 Å². The van der Waals surface area contributed by atoms with Crippen LogP contribution in [0.5, 0.6) is 5.95 Å². The first-order valence-corrected chi connectivity index (χ1v) is 6.45. The molecule has 0 bridgehead atoms. The highest BCUT2D eigenvalue weighted by Gasteiger charge is 2.15. The minimum absolute atomic E-state index is 0.0587. The van der Waals surface area contributed by atoms with Crippen molar-refractivity contribution >= 4 is 5.91 Å². The van der Waals surface area contributed by atoms with E-state index in [2.05, 4.69) is 10.4 Å². The Labute approximate surface area is 117 Å². The lowest BCUT2D eigenvalue weighted by Crippen LogP contribution is -2.36. The highest BCUT2D eigenvalue weighted by Crippen LogP contribution is 2.15. The summed E-state index contributed by atoms with van der Waals surface area (Å²) in [6.45, 7) is 6.48. The fourth-order valence-electron chi connectivity index (χ4n) is 2.01. The van der Waals surface area contributed by atoms with Crippen LogP contribution in [0.15, 0.2) is 22.6 Å². The van der Waals surface area contributed by atoms with Gasteiger partial charge in [0.15, 0.2) is 5.76 Å². The Hall–Kier alpha value is -2.24. The Kier molecular flexibility index (Phi) is 4.12. The third kappa shape index (κ3) is 3.20. The van der Waals surface area contributed by atoms with Crippen molar-refractivity contribution < 1.29 is 13.9 Å². The van der Waals surface area contributed by atoms with E-state index < -0.39 is 0 Å². The van der Waals surface area contributed by atoms with Crippen LogP contribution < -0.4 is 10.1 Å². The molecule has 0 aliphatic rings. The first-order chi connectivity index (χ1) is 9.49. The average molecular weight is 277 g/mol. The van der Waals surface area contributed by atoms with Gasteiger partial charge in [0.05, 0.1) is 19.3 Å². The number of hydrogen-bond donors (Lipinski definition) is 1. The normalized spacial score (nSPS) is 12.2. The average Bonchev–Trinajstić information content (AvgIpc) is 2.96. The molecule has 0 fully saturated rings. The molecule has 2 rings (SSSR count). The molecule has 6 nitrogen and oxygen atoms in total. The molecular weight excluding hydrogens is 258 g/mol. The maximum atomic E-state index is 12.0. The van der Waals surface area contributed by atoms with E-state index in [9.17, 15) is 4.79 Å². The van der Waals surface area contributed by atoms with Crippen LogP contribution in [0.4, 0.5) is 0 Å². The van der Waals surface area contributed by atoms with Gasteiger partial charge in [-0.3, -0.25) is 9.48 Å². The number of amides is 1. The molecule has 20 heavy (non-hydrogen) atoms. The van der Waals surface area contributed by atoms with Gasteiger partial charge in [0.2, 0.25) is 0 Å². The van der Waals surface area contributed by atoms with Crippen molar-refractivity contribution in [2.75, 3.05) is 7.11 Å². The number of carbonyl (C=O) groups excluding carboxylic acids is 1. The molecule has 0 saturated heterocycles. The number of rotatable bonds is 5. The van der Waals surface area contributed by atoms with Gasteiger partial charge in [-0.25, -0.2) is 0 Å². The molecule has 0 aromatic carbocycles. The molecule has 2 aromatic heterocycles. The Balaban J connectivity index is 1.95.